The molecule has 0 aliphatic carbocycles. The molecule has 1 spiro atoms. The van der Waals surface area contributed by atoms with E-state index in [9.17, 15) is 4.79 Å². The summed E-state index contributed by atoms with van der Waals surface area (Å²) in [4.78, 5) is 22.8. The number of hydrogen-bond acceptors (Lipinski definition) is 6. The topological polar surface area (TPSA) is 62.5 Å². The van der Waals surface area contributed by atoms with E-state index in [1.165, 1.54) is 4.88 Å². The van der Waals surface area contributed by atoms with Crippen LogP contribution < -0.4 is 0 Å². The number of aryl methyl sites for hydroxylation is 2. The Morgan fingerprint density at radius 1 is 1.38 bits per heavy atom. The molecule has 7 heteroatoms. The molecule has 0 bridgehead atoms. The summed E-state index contributed by atoms with van der Waals surface area (Å²) in [7, 11) is 0. The number of carbonyl (C=O) groups is 1. The molecule has 2 aromatic heterocycles. The number of piperidine rings is 1. The third kappa shape index (κ3) is 2.75. The van der Waals surface area contributed by atoms with E-state index in [1.54, 1.807) is 17.4 Å². The summed E-state index contributed by atoms with van der Waals surface area (Å²) >= 11 is 1.76. The summed E-state index contributed by atoms with van der Waals surface area (Å²) in [6.07, 6.45) is 5.34. The highest BCUT2D eigenvalue weighted by atomic mass is 32.1. The SMILES string of the molecule is Cc1cc(C(=O)N2CCCC3(CCN3Cc3cnc(C)s3)C2)no1. The quantitative estimate of drug-likeness (QED) is 0.855. The van der Waals surface area contributed by atoms with Crippen molar-refractivity contribution < 1.29 is 9.32 Å². The summed E-state index contributed by atoms with van der Waals surface area (Å²) in [6, 6.07) is 1.72. The van der Waals surface area contributed by atoms with Crippen LogP contribution in [-0.2, 0) is 6.54 Å². The summed E-state index contributed by atoms with van der Waals surface area (Å²) in [5.41, 5.74) is 0.554. The molecule has 0 radical (unpaired) electrons. The Morgan fingerprint density at radius 2 is 2.25 bits per heavy atom. The Bertz CT molecular complexity index is 755. The minimum atomic E-state index is -0.00795. The highest BCUT2D eigenvalue weighted by molar-refractivity contribution is 7.11. The van der Waals surface area contributed by atoms with Gasteiger partial charge in [-0.15, -0.1) is 11.3 Å². The normalized spacial score (nSPS) is 24.3. The highest BCUT2D eigenvalue weighted by Crippen LogP contribution is 2.40. The number of thiazole rings is 1. The van der Waals surface area contributed by atoms with Crippen LogP contribution in [0.25, 0.3) is 0 Å². The van der Waals surface area contributed by atoms with Gasteiger partial charge in [0.1, 0.15) is 5.76 Å². The van der Waals surface area contributed by atoms with E-state index >= 15 is 0 Å². The zero-order chi connectivity index (χ0) is 16.7. The van der Waals surface area contributed by atoms with Crippen LogP contribution in [0.3, 0.4) is 0 Å². The fourth-order valence-corrected chi connectivity index (χ4v) is 4.69. The van der Waals surface area contributed by atoms with Gasteiger partial charge in [-0.2, -0.15) is 0 Å². The van der Waals surface area contributed by atoms with Crippen molar-refractivity contribution in [2.45, 2.75) is 45.2 Å². The van der Waals surface area contributed by atoms with Crippen molar-refractivity contribution in [1.29, 1.82) is 0 Å². The first kappa shape index (κ1) is 15.8. The minimum absolute atomic E-state index is 0.00795. The molecule has 1 atom stereocenters. The molecule has 2 aliphatic rings. The minimum Gasteiger partial charge on any atom is -0.361 e. The van der Waals surface area contributed by atoms with Crippen LogP contribution in [0.15, 0.2) is 16.8 Å². The van der Waals surface area contributed by atoms with Crippen LogP contribution in [0.1, 0.15) is 45.4 Å². The van der Waals surface area contributed by atoms with E-state index in [-0.39, 0.29) is 11.4 Å². The second-order valence-electron chi connectivity index (χ2n) is 6.89. The van der Waals surface area contributed by atoms with Crippen LogP contribution in [-0.4, -0.2) is 51.0 Å². The van der Waals surface area contributed by atoms with Gasteiger partial charge in [0.05, 0.1) is 5.01 Å². The molecule has 1 amide bonds. The lowest BCUT2D eigenvalue weighted by Gasteiger charge is -2.57. The van der Waals surface area contributed by atoms with E-state index in [2.05, 4.69) is 15.0 Å². The predicted molar refractivity (Wildman–Crippen MR) is 91.0 cm³/mol. The van der Waals surface area contributed by atoms with Crippen LogP contribution in [0.4, 0.5) is 0 Å². The highest BCUT2D eigenvalue weighted by Gasteiger charge is 2.48. The molecule has 24 heavy (non-hydrogen) atoms. The first-order valence-electron chi connectivity index (χ1n) is 8.45. The lowest BCUT2D eigenvalue weighted by atomic mass is 9.77. The standard InChI is InChI=1S/C17H22N4O2S/c1-12-8-15(19-23-12)16(22)20-6-3-4-17(11-20)5-7-21(17)10-14-9-18-13(2)24-14/h8-9H,3-7,10-11H2,1-2H3. The Kier molecular flexibility index (Phi) is 3.92. The largest absolute Gasteiger partial charge is 0.361 e. The monoisotopic (exact) mass is 346 g/mol. The number of likely N-dealkylation sites (tertiary alicyclic amines) is 2. The van der Waals surface area contributed by atoms with Gasteiger partial charge >= 0.3 is 0 Å². The van der Waals surface area contributed by atoms with Gasteiger partial charge in [0.2, 0.25) is 0 Å². The number of amides is 1. The first-order chi connectivity index (χ1) is 11.6. The van der Waals surface area contributed by atoms with Gasteiger partial charge in [-0.3, -0.25) is 9.69 Å². The van der Waals surface area contributed by atoms with Crippen molar-refractivity contribution in [3.05, 3.63) is 33.6 Å². The summed E-state index contributed by atoms with van der Waals surface area (Å²) < 4.78 is 5.06. The maximum atomic E-state index is 12.7. The van der Waals surface area contributed by atoms with Gasteiger partial charge in [0, 0.05) is 48.9 Å². The molecule has 2 fully saturated rings. The predicted octanol–water partition coefficient (Wildman–Crippen LogP) is 2.63. The fraction of sp³-hybridized carbons (Fsp3) is 0.588. The van der Waals surface area contributed by atoms with Crippen molar-refractivity contribution in [2.75, 3.05) is 19.6 Å². The van der Waals surface area contributed by atoms with Gasteiger partial charge in [-0.05, 0) is 33.1 Å². The van der Waals surface area contributed by atoms with Gasteiger partial charge in [-0.25, -0.2) is 4.98 Å². The summed E-state index contributed by atoms with van der Waals surface area (Å²) in [6.45, 7) is 7.49. The second-order valence-corrected chi connectivity index (χ2v) is 8.21. The molecule has 0 saturated carbocycles. The fourth-order valence-electron chi connectivity index (χ4n) is 3.88. The van der Waals surface area contributed by atoms with E-state index in [1.807, 2.05) is 24.9 Å². The smallest absolute Gasteiger partial charge is 0.276 e. The van der Waals surface area contributed by atoms with E-state index < -0.39 is 0 Å². The van der Waals surface area contributed by atoms with Gasteiger partial charge in [-0.1, -0.05) is 5.16 Å². The zero-order valence-corrected chi connectivity index (χ0v) is 14.9. The Labute approximate surface area is 145 Å². The molecule has 6 nitrogen and oxygen atoms in total. The molecule has 4 rings (SSSR count). The van der Waals surface area contributed by atoms with Gasteiger partial charge < -0.3 is 9.42 Å². The lowest BCUT2D eigenvalue weighted by Crippen LogP contribution is -2.66. The Hall–Kier alpha value is -1.73. The molecule has 0 aromatic carbocycles. The lowest BCUT2D eigenvalue weighted by molar-refractivity contribution is -0.0644. The van der Waals surface area contributed by atoms with Crippen LogP contribution in [0.5, 0.6) is 0 Å². The molecule has 2 aromatic rings. The molecule has 0 N–H and O–H groups in total. The average Bonchev–Trinajstić information content (AvgIpc) is 3.19. The first-order valence-corrected chi connectivity index (χ1v) is 9.26. The van der Waals surface area contributed by atoms with Gasteiger partial charge in [0.25, 0.3) is 5.91 Å². The Morgan fingerprint density at radius 3 is 2.88 bits per heavy atom. The zero-order valence-electron chi connectivity index (χ0n) is 14.1. The van der Waals surface area contributed by atoms with Crippen LogP contribution in [0, 0.1) is 13.8 Å². The number of aromatic nitrogens is 2. The molecular formula is C17H22N4O2S. The molecule has 2 aliphatic heterocycles. The summed E-state index contributed by atoms with van der Waals surface area (Å²) in [5.74, 6) is 0.669. The maximum Gasteiger partial charge on any atom is 0.276 e. The molecule has 1 unspecified atom stereocenters. The van der Waals surface area contributed by atoms with Crippen LogP contribution >= 0.6 is 11.3 Å². The average molecular weight is 346 g/mol. The third-order valence-electron chi connectivity index (χ3n) is 5.22. The number of nitrogens with zero attached hydrogens (tertiary/aromatic N) is 4. The number of rotatable bonds is 3. The van der Waals surface area contributed by atoms with Crippen molar-refractivity contribution in [2.24, 2.45) is 0 Å². The van der Waals surface area contributed by atoms with Crippen molar-refractivity contribution in [1.82, 2.24) is 19.9 Å². The van der Waals surface area contributed by atoms with Crippen LogP contribution in [0.2, 0.25) is 0 Å². The summed E-state index contributed by atoms with van der Waals surface area (Å²) in [5, 5.41) is 5.00. The molecular weight excluding hydrogens is 324 g/mol. The third-order valence-corrected chi connectivity index (χ3v) is 6.12. The molecule has 2 saturated heterocycles. The molecule has 128 valence electrons. The van der Waals surface area contributed by atoms with Crippen molar-refractivity contribution in [3.8, 4) is 0 Å². The number of hydrogen-bond donors (Lipinski definition) is 0. The van der Waals surface area contributed by atoms with E-state index in [4.69, 9.17) is 4.52 Å². The van der Waals surface area contributed by atoms with Crippen molar-refractivity contribution >= 4 is 17.2 Å². The van der Waals surface area contributed by atoms with Crippen molar-refractivity contribution in [3.63, 3.8) is 0 Å². The van der Waals surface area contributed by atoms with E-state index in [0.29, 0.717) is 11.5 Å². The van der Waals surface area contributed by atoms with E-state index in [0.717, 1.165) is 50.4 Å². The Balaban J connectivity index is 1.46. The maximum absolute atomic E-state index is 12.7. The molecule has 4 heterocycles. The second kappa shape index (κ2) is 5.97. The number of carbonyl (C=O) groups excluding carboxylic acids is 1. The van der Waals surface area contributed by atoms with Gasteiger partial charge in [0.15, 0.2) is 5.69 Å².